The second-order valence-electron chi connectivity index (χ2n) is 10.9. The molecule has 3 aliphatic rings. The summed E-state index contributed by atoms with van der Waals surface area (Å²) in [5.74, 6) is -2.19. The zero-order chi connectivity index (χ0) is 27.6. The van der Waals surface area contributed by atoms with Crippen LogP contribution in [0.15, 0.2) is 24.3 Å². The Labute approximate surface area is 226 Å². The number of rotatable bonds is 12. The molecule has 9 heteroatoms. The highest BCUT2D eigenvalue weighted by Gasteiger charge is 2.75. The summed E-state index contributed by atoms with van der Waals surface area (Å²) in [6.07, 6.45) is 2.29. The van der Waals surface area contributed by atoms with Crippen molar-refractivity contribution in [2.24, 2.45) is 17.8 Å². The molecule has 1 aromatic rings. The summed E-state index contributed by atoms with van der Waals surface area (Å²) >= 11 is 0. The first-order valence-corrected chi connectivity index (χ1v) is 14.3. The SMILES string of the molecule is CCCNC(=O)[C@@H]1[C@@H]2CCC3(O2)C(C(=O)Nc2ccc(N(CC)CC)cc2)N([C@@H](CO)[C@@H](C)CC)C(=O)[C@H]13. The van der Waals surface area contributed by atoms with E-state index in [0.717, 1.165) is 31.6 Å². The zero-order valence-electron chi connectivity index (χ0n) is 23.4. The van der Waals surface area contributed by atoms with Gasteiger partial charge in [-0.25, -0.2) is 0 Å². The van der Waals surface area contributed by atoms with E-state index in [1.807, 2.05) is 45.0 Å². The van der Waals surface area contributed by atoms with Crippen LogP contribution in [0, 0.1) is 17.8 Å². The Balaban J connectivity index is 1.68. The van der Waals surface area contributed by atoms with Crippen LogP contribution in [0.2, 0.25) is 0 Å². The predicted octanol–water partition coefficient (Wildman–Crippen LogP) is 2.78. The predicted molar refractivity (Wildman–Crippen MR) is 147 cm³/mol. The molecule has 2 unspecified atom stereocenters. The van der Waals surface area contributed by atoms with E-state index in [0.29, 0.717) is 25.1 Å². The minimum atomic E-state index is -1.08. The molecule has 0 saturated carbocycles. The van der Waals surface area contributed by atoms with E-state index in [9.17, 15) is 19.5 Å². The lowest BCUT2D eigenvalue weighted by Gasteiger charge is -2.38. The number of carbonyl (C=O) groups excluding carboxylic acids is 3. The molecule has 1 aromatic carbocycles. The van der Waals surface area contributed by atoms with Gasteiger partial charge in [-0.15, -0.1) is 0 Å². The molecule has 3 saturated heterocycles. The number of hydrogen-bond donors (Lipinski definition) is 3. The highest BCUT2D eigenvalue weighted by Crippen LogP contribution is 2.59. The molecule has 0 radical (unpaired) electrons. The zero-order valence-corrected chi connectivity index (χ0v) is 23.4. The molecule has 7 atom stereocenters. The Hall–Kier alpha value is -2.65. The van der Waals surface area contributed by atoms with Crippen LogP contribution in [0.3, 0.4) is 0 Å². The van der Waals surface area contributed by atoms with Crippen molar-refractivity contribution in [3.63, 3.8) is 0 Å². The maximum atomic E-state index is 14.1. The van der Waals surface area contributed by atoms with Crippen molar-refractivity contribution in [1.29, 1.82) is 0 Å². The molecule has 3 fully saturated rings. The molecule has 3 aliphatic heterocycles. The largest absolute Gasteiger partial charge is 0.394 e. The average Bonchev–Trinajstić information content (AvgIpc) is 3.57. The average molecular weight is 529 g/mol. The number of likely N-dealkylation sites (tertiary alicyclic amines) is 1. The van der Waals surface area contributed by atoms with Crippen LogP contribution in [-0.4, -0.2) is 77.8 Å². The standard InChI is InChI=1S/C29H44N4O5/c1-6-16-30-26(35)23-22-14-15-29(38-22)24(23)28(37)33(21(17-34)18(5)7-2)25(29)27(36)31-19-10-12-20(13-11-19)32(8-3)9-4/h10-13,18,21-25,34H,6-9,14-17H2,1-5H3,(H,30,35)(H,31,36)/t18-,21-,22-,23+,24-,25?,29?/m0/s1. The molecule has 210 valence electrons. The van der Waals surface area contributed by atoms with Crippen LogP contribution in [0.1, 0.15) is 60.3 Å². The van der Waals surface area contributed by atoms with Gasteiger partial charge in [0.25, 0.3) is 0 Å². The van der Waals surface area contributed by atoms with Crippen LogP contribution in [-0.2, 0) is 19.1 Å². The van der Waals surface area contributed by atoms with Crippen molar-refractivity contribution in [2.45, 2.75) is 84.1 Å². The van der Waals surface area contributed by atoms with E-state index in [2.05, 4.69) is 29.4 Å². The molecule has 4 rings (SSSR count). The Morgan fingerprint density at radius 1 is 1.16 bits per heavy atom. The summed E-state index contributed by atoms with van der Waals surface area (Å²) in [6, 6.07) is 6.21. The van der Waals surface area contributed by atoms with Gasteiger partial charge in [-0.1, -0.05) is 27.2 Å². The fraction of sp³-hybridized carbons (Fsp3) is 0.690. The molecule has 38 heavy (non-hydrogen) atoms. The summed E-state index contributed by atoms with van der Waals surface area (Å²) in [7, 11) is 0. The van der Waals surface area contributed by atoms with Gasteiger partial charge in [-0.2, -0.15) is 0 Å². The third-order valence-electron chi connectivity index (χ3n) is 8.95. The van der Waals surface area contributed by atoms with E-state index in [1.54, 1.807) is 4.90 Å². The molecule has 1 spiro atoms. The Morgan fingerprint density at radius 2 is 1.84 bits per heavy atom. The second-order valence-corrected chi connectivity index (χ2v) is 10.9. The fourth-order valence-corrected chi connectivity index (χ4v) is 6.78. The van der Waals surface area contributed by atoms with Gasteiger partial charge in [0.05, 0.1) is 30.6 Å². The summed E-state index contributed by atoms with van der Waals surface area (Å²) in [4.78, 5) is 45.1. The molecule has 0 aromatic heterocycles. The quantitative estimate of drug-likeness (QED) is 0.385. The number of benzene rings is 1. The smallest absolute Gasteiger partial charge is 0.250 e. The van der Waals surface area contributed by atoms with Crippen molar-refractivity contribution in [1.82, 2.24) is 10.2 Å². The van der Waals surface area contributed by atoms with Crippen LogP contribution >= 0.6 is 0 Å². The first-order valence-electron chi connectivity index (χ1n) is 14.3. The Bertz CT molecular complexity index is 1010. The van der Waals surface area contributed by atoms with E-state index in [1.165, 1.54) is 0 Å². The van der Waals surface area contributed by atoms with Crippen LogP contribution < -0.4 is 15.5 Å². The minimum Gasteiger partial charge on any atom is -0.394 e. The number of fused-ring (bicyclic) bond motifs is 1. The lowest BCUT2D eigenvalue weighted by Crippen LogP contribution is -2.57. The van der Waals surface area contributed by atoms with E-state index in [-0.39, 0.29) is 36.4 Å². The van der Waals surface area contributed by atoms with Crippen LogP contribution in [0.5, 0.6) is 0 Å². The summed E-state index contributed by atoms with van der Waals surface area (Å²) < 4.78 is 6.48. The molecule has 9 nitrogen and oxygen atoms in total. The number of hydrogen-bond acceptors (Lipinski definition) is 6. The van der Waals surface area contributed by atoms with Gasteiger partial charge in [0.2, 0.25) is 17.7 Å². The Kier molecular flexibility index (Phi) is 8.67. The van der Waals surface area contributed by atoms with Gasteiger partial charge in [-0.3, -0.25) is 14.4 Å². The molecule has 2 bridgehead atoms. The molecule has 3 amide bonds. The number of carbonyl (C=O) groups is 3. The third kappa shape index (κ3) is 4.68. The summed E-state index contributed by atoms with van der Waals surface area (Å²) in [5.41, 5.74) is 0.620. The van der Waals surface area contributed by atoms with Crippen molar-refractivity contribution < 1.29 is 24.2 Å². The number of nitrogens with one attached hydrogen (secondary N) is 2. The maximum Gasteiger partial charge on any atom is 0.250 e. The van der Waals surface area contributed by atoms with Gasteiger partial charge < -0.3 is 30.3 Å². The molecule has 0 aliphatic carbocycles. The highest BCUT2D eigenvalue weighted by atomic mass is 16.5. The number of aliphatic hydroxyl groups excluding tert-OH is 1. The first-order chi connectivity index (χ1) is 18.3. The third-order valence-corrected chi connectivity index (χ3v) is 8.95. The number of anilines is 2. The molecule has 3 heterocycles. The number of amides is 3. The second kappa shape index (κ2) is 11.6. The van der Waals surface area contributed by atoms with Gasteiger partial charge in [0.15, 0.2) is 0 Å². The Morgan fingerprint density at radius 3 is 2.42 bits per heavy atom. The summed E-state index contributed by atoms with van der Waals surface area (Å²) in [5, 5.41) is 16.4. The maximum absolute atomic E-state index is 14.1. The van der Waals surface area contributed by atoms with Gasteiger partial charge in [0.1, 0.15) is 11.6 Å². The first kappa shape index (κ1) is 28.4. The monoisotopic (exact) mass is 528 g/mol. The number of ether oxygens (including phenoxy) is 1. The highest BCUT2D eigenvalue weighted by molar-refractivity contribution is 6.03. The molecular formula is C29H44N4O5. The van der Waals surface area contributed by atoms with Crippen molar-refractivity contribution in [2.75, 3.05) is 36.5 Å². The molecular weight excluding hydrogens is 484 g/mol. The lowest BCUT2D eigenvalue weighted by molar-refractivity contribution is -0.145. The number of aliphatic hydroxyl groups is 1. The van der Waals surface area contributed by atoms with Gasteiger partial charge in [-0.05, 0) is 63.3 Å². The van der Waals surface area contributed by atoms with Crippen LogP contribution in [0.4, 0.5) is 11.4 Å². The minimum absolute atomic E-state index is 0.0348. The van der Waals surface area contributed by atoms with Gasteiger partial charge in [0, 0.05) is 31.0 Å². The van der Waals surface area contributed by atoms with Crippen molar-refractivity contribution in [3.05, 3.63) is 24.3 Å². The normalized spacial score (nSPS) is 29.2. The van der Waals surface area contributed by atoms with Crippen molar-refractivity contribution in [3.8, 4) is 0 Å². The van der Waals surface area contributed by atoms with E-state index >= 15 is 0 Å². The van der Waals surface area contributed by atoms with Crippen molar-refractivity contribution >= 4 is 29.1 Å². The van der Waals surface area contributed by atoms with E-state index < -0.39 is 29.5 Å². The summed E-state index contributed by atoms with van der Waals surface area (Å²) in [6.45, 7) is 12.2. The van der Waals surface area contributed by atoms with Crippen LogP contribution in [0.25, 0.3) is 0 Å². The lowest BCUT2D eigenvalue weighted by atomic mass is 9.70. The van der Waals surface area contributed by atoms with Gasteiger partial charge >= 0.3 is 0 Å². The topological polar surface area (TPSA) is 111 Å². The molecule has 3 N–H and O–H groups in total. The fourth-order valence-electron chi connectivity index (χ4n) is 6.78. The number of nitrogens with zero attached hydrogens (tertiary/aromatic N) is 2. The van der Waals surface area contributed by atoms with E-state index in [4.69, 9.17) is 4.74 Å².